The molecule has 1 aromatic carbocycles. The van der Waals surface area contributed by atoms with Gasteiger partial charge in [-0.2, -0.15) is 0 Å². The van der Waals surface area contributed by atoms with E-state index in [0.29, 0.717) is 17.7 Å². The number of hydrogen-bond donors (Lipinski definition) is 4. The van der Waals surface area contributed by atoms with Crippen LogP contribution in [0.5, 0.6) is 0 Å². The predicted molar refractivity (Wildman–Crippen MR) is 61.4 cm³/mol. The molecule has 0 fully saturated rings. The van der Waals surface area contributed by atoms with Crippen molar-refractivity contribution < 1.29 is 20.1 Å². The third kappa shape index (κ3) is 2.31. The Hall–Kier alpha value is -1.43. The molecular weight excluding hydrogens is 222 g/mol. The van der Waals surface area contributed by atoms with Gasteiger partial charge >= 0.3 is 0 Å². The third-order valence-electron chi connectivity index (χ3n) is 2.91. The monoisotopic (exact) mass is 237 g/mol. The summed E-state index contributed by atoms with van der Waals surface area (Å²) in [6.45, 7) is -0.195. The highest BCUT2D eigenvalue weighted by atomic mass is 16.3. The molecule has 5 nitrogen and oxygen atoms in total. The third-order valence-corrected chi connectivity index (χ3v) is 2.91. The quantitative estimate of drug-likeness (QED) is 0.591. The second-order valence-electron chi connectivity index (χ2n) is 4.13. The minimum Gasteiger partial charge on any atom is -0.396 e. The van der Waals surface area contributed by atoms with Crippen LogP contribution < -0.4 is 5.32 Å². The number of anilines is 1. The van der Waals surface area contributed by atoms with E-state index in [1.54, 1.807) is 12.1 Å². The van der Waals surface area contributed by atoms with E-state index in [9.17, 15) is 15.0 Å². The summed E-state index contributed by atoms with van der Waals surface area (Å²) in [5.74, 6) is -0.115. The Bertz CT molecular complexity index is 433. The molecule has 1 heterocycles. The molecule has 0 aromatic heterocycles. The van der Waals surface area contributed by atoms with Crippen LogP contribution in [0.1, 0.15) is 23.7 Å². The maximum absolute atomic E-state index is 11.3. The van der Waals surface area contributed by atoms with Crippen LogP contribution in [0.4, 0.5) is 5.69 Å². The van der Waals surface area contributed by atoms with Crippen molar-refractivity contribution in [2.24, 2.45) is 0 Å². The van der Waals surface area contributed by atoms with Gasteiger partial charge in [0.1, 0.15) is 6.10 Å². The number of benzene rings is 1. The fourth-order valence-electron chi connectivity index (χ4n) is 2.02. The van der Waals surface area contributed by atoms with E-state index in [-0.39, 0.29) is 18.9 Å². The van der Waals surface area contributed by atoms with Gasteiger partial charge < -0.3 is 20.6 Å². The number of fused-ring (bicyclic) bond motifs is 1. The zero-order valence-corrected chi connectivity index (χ0v) is 9.26. The minimum absolute atomic E-state index is 0.0960. The standard InChI is InChI=1S/C12H15NO4/c14-5-4-9(15)12(17)8-3-1-2-7-6-10(16)13-11(7)8/h1-3,9,12,14-15,17H,4-6H2,(H,13,16). The first-order valence-corrected chi connectivity index (χ1v) is 5.52. The first-order chi connectivity index (χ1) is 8.13. The molecule has 1 aliphatic heterocycles. The Kier molecular flexibility index (Phi) is 3.42. The molecule has 0 saturated heterocycles. The minimum atomic E-state index is -1.10. The summed E-state index contributed by atoms with van der Waals surface area (Å²) in [6, 6.07) is 5.21. The summed E-state index contributed by atoms with van der Waals surface area (Å²) < 4.78 is 0. The molecule has 0 spiro atoms. The van der Waals surface area contributed by atoms with Gasteiger partial charge in [0, 0.05) is 12.2 Å². The van der Waals surface area contributed by atoms with E-state index < -0.39 is 12.2 Å². The van der Waals surface area contributed by atoms with Crippen molar-refractivity contribution in [1.82, 2.24) is 0 Å². The van der Waals surface area contributed by atoms with Gasteiger partial charge in [0.15, 0.2) is 0 Å². The van der Waals surface area contributed by atoms with Gasteiger partial charge in [-0.3, -0.25) is 4.79 Å². The first-order valence-electron chi connectivity index (χ1n) is 5.52. The molecule has 1 aliphatic rings. The lowest BCUT2D eigenvalue weighted by Gasteiger charge is -2.19. The Labute approximate surface area is 98.7 Å². The topological polar surface area (TPSA) is 89.8 Å². The lowest BCUT2D eigenvalue weighted by Crippen LogP contribution is -2.20. The Morgan fingerprint density at radius 3 is 2.82 bits per heavy atom. The molecule has 0 saturated carbocycles. The highest BCUT2D eigenvalue weighted by molar-refractivity contribution is 6.00. The van der Waals surface area contributed by atoms with Gasteiger partial charge in [0.25, 0.3) is 0 Å². The first kappa shape index (κ1) is 12.0. The lowest BCUT2D eigenvalue weighted by atomic mass is 9.98. The zero-order chi connectivity index (χ0) is 12.4. The fourth-order valence-corrected chi connectivity index (χ4v) is 2.02. The predicted octanol–water partition coefficient (Wildman–Crippen LogP) is -0.0421. The van der Waals surface area contributed by atoms with E-state index in [0.717, 1.165) is 5.56 Å². The zero-order valence-electron chi connectivity index (χ0n) is 9.26. The van der Waals surface area contributed by atoms with Crippen molar-refractivity contribution >= 4 is 11.6 Å². The molecule has 2 atom stereocenters. The molecule has 4 N–H and O–H groups in total. The molecule has 1 amide bonds. The van der Waals surface area contributed by atoms with Gasteiger partial charge in [0.05, 0.1) is 18.2 Å². The molecule has 2 rings (SSSR count). The fraction of sp³-hybridized carbons (Fsp3) is 0.417. The number of amides is 1. The largest absolute Gasteiger partial charge is 0.396 e. The highest BCUT2D eigenvalue weighted by Gasteiger charge is 2.26. The van der Waals surface area contributed by atoms with Crippen LogP contribution in [0.15, 0.2) is 18.2 Å². The van der Waals surface area contributed by atoms with E-state index >= 15 is 0 Å². The summed E-state index contributed by atoms with van der Waals surface area (Å²) in [5.41, 5.74) is 1.90. The Morgan fingerprint density at radius 2 is 2.12 bits per heavy atom. The van der Waals surface area contributed by atoms with E-state index in [1.165, 1.54) is 0 Å². The van der Waals surface area contributed by atoms with Crippen LogP contribution in [0.25, 0.3) is 0 Å². The summed E-state index contributed by atoms with van der Waals surface area (Å²) >= 11 is 0. The van der Waals surface area contributed by atoms with Crippen LogP contribution in [-0.4, -0.2) is 33.9 Å². The molecule has 5 heteroatoms. The van der Waals surface area contributed by atoms with E-state index in [4.69, 9.17) is 5.11 Å². The average molecular weight is 237 g/mol. The summed E-state index contributed by atoms with van der Waals surface area (Å²) in [4.78, 5) is 11.3. The summed E-state index contributed by atoms with van der Waals surface area (Å²) in [7, 11) is 0. The number of aliphatic hydroxyl groups is 3. The number of rotatable bonds is 4. The highest BCUT2D eigenvalue weighted by Crippen LogP contribution is 2.33. The maximum atomic E-state index is 11.3. The molecule has 1 aromatic rings. The average Bonchev–Trinajstić information content (AvgIpc) is 2.68. The number of nitrogens with one attached hydrogen (secondary N) is 1. The second-order valence-corrected chi connectivity index (χ2v) is 4.13. The lowest BCUT2D eigenvalue weighted by molar-refractivity contribution is -0.115. The molecule has 0 radical (unpaired) electrons. The number of carbonyl (C=O) groups is 1. The van der Waals surface area contributed by atoms with Crippen molar-refractivity contribution in [3.8, 4) is 0 Å². The van der Waals surface area contributed by atoms with Gasteiger partial charge in [0.2, 0.25) is 5.91 Å². The summed E-state index contributed by atoms with van der Waals surface area (Å²) in [6.07, 6.45) is -1.75. The Balaban J connectivity index is 2.28. The van der Waals surface area contributed by atoms with Crippen molar-refractivity contribution in [2.45, 2.75) is 25.0 Å². The molecule has 92 valence electrons. The van der Waals surface area contributed by atoms with Crippen molar-refractivity contribution in [3.05, 3.63) is 29.3 Å². The number of para-hydroxylation sites is 1. The SMILES string of the molecule is O=C1Cc2cccc(C(O)C(O)CCO)c2N1. The number of hydrogen-bond acceptors (Lipinski definition) is 4. The van der Waals surface area contributed by atoms with Gasteiger partial charge in [-0.15, -0.1) is 0 Å². The van der Waals surface area contributed by atoms with E-state index in [1.807, 2.05) is 6.07 Å². The second kappa shape index (κ2) is 4.83. The van der Waals surface area contributed by atoms with Crippen LogP contribution in [0, 0.1) is 0 Å². The van der Waals surface area contributed by atoms with Gasteiger partial charge in [-0.05, 0) is 12.0 Å². The van der Waals surface area contributed by atoms with Crippen molar-refractivity contribution in [2.75, 3.05) is 11.9 Å². The molecule has 2 unspecified atom stereocenters. The van der Waals surface area contributed by atoms with Crippen molar-refractivity contribution in [1.29, 1.82) is 0 Å². The number of aliphatic hydroxyl groups excluding tert-OH is 3. The molecular formula is C12H15NO4. The normalized spacial score (nSPS) is 17.5. The molecule has 17 heavy (non-hydrogen) atoms. The van der Waals surface area contributed by atoms with Crippen LogP contribution in [0.3, 0.4) is 0 Å². The van der Waals surface area contributed by atoms with Crippen LogP contribution in [-0.2, 0) is 11.2 Å². The van der Waals surface area contributed by atoms with Crippen molar-refractivity contribution in [3.63, 3.8) is 0 Å². The Morgan fingerprint density at radius 1 is 1.35 bits per heavy atom. The molecule has 0 bridgehead atoms. The van der Waals surface area contributed by atoms with E-state index in [2.05, 4.69) is 5.32 Å². The summed E-state index contributed by atoms with van der Waals surface area (Å²) in [5, 5.41) is 31.0. The van der Waals surface area contributed by atoms with Gasteiger partial charge in [-0.1, -0.05) is 18.2 Å². The number of carbonyl (C=O) groups excluding carboxylic acids is 1. The van der Waals surface area contributed by atoms with Gasteiger partial charge in [-0.25, -0.2) is 0 Å². The van der Waals surface area contributed by atoms with Crippen LogP contribution in [0.2, 0.25) is 0 Å². The smallest absolute Gasteiger partial charge is 0.228 e. The molecule has 0 aliphatic carbocycles. The maximum Gasteiger partial charge on any atom is 0.228 e. The van der Waals surface area contributed by atoms with Crippen LogP contribution >= 0.6 is 0 Å².